The van der Waals surface area contributed by atoms with Crippen molar-refractivity contribution in [1.29, 1.82) is 0 Å². The molecule has 104 valence electrons. The Morgan fingerprint density at radius 1 is 1.32 bits per heavy atom. The van der Waals surface area contributed by atoms with E-state index in [0.717, 1.165) is 24.6 Å². The highest BCUT2D eigenvalue weighted by Gasteiger charge is 2.37. The first-order valence-corrected chi connectivity index (χ1v) is 6.89. The van der Waals surface area contributed by atoms with Crippen LogP contribution in [0.25, 0.3) is 0 Å². The summed E-state index contributed by atoms with van der Waals surface area (Å²) in [5, 5.41) is 3.39. The Labute approximate surface area is 114 Å². The van der Waals surface area contributed by atoms with Crippen LogP contribution < -0.4 is 14.8 Å². The highest BCUT2D eigenvalue weighted by molar-refractivity contribution is 5.44. The molecule has 0 spiro atoms. The molecular formula is C15H22N2O2. The van der Waals surface area contributed by atoms with Gasteiger partial charge in [0.1, 0.15) is 0 Å². The van der Waals surface area contributed by atoms with E-state index in [-0.39, 0.29) is 5.54 Å². The molecule has 2 heterocycles. The lowest BCUT2D eigenvalue weighted by Crippen LogP contribution is -2.37. The summed E-state index contributed by atoms with van der Waals surface area (Å²) < 4.78 is 10.8. The van der Waals surface area contributed by atoms with Gasteiger partial charge in [0, 0.05) is 24.7 Å². The number of nitrogens with zero attached hydrogens (tertiary/aromatic N) is 1. The Bertz CT molecular complexity index is 473. The van der Waals surface area contributed by atoms with E-state index in [1.807, 2.05) is 13.1 Å². The Kier molecular flexibility index (Phi) is 3.15. The molecule has 4 nitrogen and oxygen atoms in total. The van der Waals surface area contributed by atoms with Gasteiger partial charge in [-0.25, -0.2) is 0 Å². The van der Waals surface area contributed by atoms with E-state index in [2.05, 4.69) is 36.2 Å². The number of hydrogen-bond acceptors (Lipinski definition) is 4. The SMILES string of the molecule is CNC1CN(Cc2ccc3c(c2)OCO3)C(C)(C)C1. The molecular weight excluding hydrogens is 240 g/mol. The van der Waals surface area contributed by atoms with Crippen molar-refractivity contribution in [2.45, 2.75) is 38.4 Å². The number of likely N-dealkylation sites (N-methyl/N-ethyl adjacent to an activating group) is 1. The smallest absolute Gasteiger partial charge is 0.231 e. The van der Waals surface area contributed by atoms with E-state index in [9.17, 15) is 0 Å². The van der Waals surface area contributed by atoms with Crippen molar-refractivity contribution >= 4 is 0 Å². The van der Waals surface area contributed by atoms with Gasteiger partial charge >= 0.3 is 0 Å². The summed E-state index contributed by atoms with van der Waals surface area (Å²) >= 11 is 0. The minimum atomic E-state index is 0.240. The van der Waals surface area contributed by atoms with Crippen LogP contribution in [0.2, 0.25) is 0 Å². The Hall–Kier alpha value is -1.26. The topological polar surface area (TPSA) is 33.7 Å². The zero-order valence-electron chi connectivity index (χ0n) is 11.9. The molecule has 0 saturated carbocycles. The minimum absolute atomic E-state index is 0.240. The third-order valence-electron chi connectivity index (χ3n) is 4.26. The fraction of sp³-hybridized carbons (Fsp3) is 0.600. The van der Waals surface area contributed by atoms with E-state index < -0.39 is 0 Å². The van der Waals surface area contributed by atoms with Gasteiger partial charge in [0.25, 0.3) is 0 Å². The maximum Gasteiger partial charge on any atom is 0.231 e. The van der Waals surface area contributed by atoms with Gasteiger partial charge in [0.05, 0.1) is 0 Å². The Morgan fingerprint density at radius 3 is 2.84 bits per heavy atom. The van der Waals surface area contributed by atoms with E-state index in [4.69, 9.17) is 9.47 Å². The number of hydrogen-bond donors (Lipinski definition) is 1. The second-order valence-electron chi connectivity index (χ2n) is 6.07. The summed E-state index contributed by atoms with van der Waals surface area (Å²) in [6.07, 6.45) is 1.19. The van der Waals surface area contributed by atoms with E-state index in [0.29, 0.717) is 12.8 Å². The number of fused-ring (bicyclic) bond motifs is 1. The number of benzene rings is 1. The van der Waals surface area contributed by atoms with Crippen molar-refractivity contribution in [3.8, 4) is 11.5 Å². The van der Waals surface area contributed by atoms with Crippen LogP contribution >= 0.6 is 0 Å². The summed E-state index contributed by atoms with van der Waals surface area (Å²) in [5.41, 5.74) is 1.53. The number of ether oxygens (including phenoxy) is 2. The van der Waals surface area contributed by atoms with Gasteiger partial charge in [-0.2, -0.15) is 0 Å². The molecule has 1 unspecified atom stereocenters. The lowest BCUT2D eigenvalue weighted by atomic mass is 10.00. The molecule has 1 fully saturated rings. The van der Waals surface area contributed by atoms with Crippen LogP contribution in [-0.2, 0) is 6.54 Å². The third kappa shape index (κ3) is 2.42. The molecule has 2 aliphatic heterocycles. The van der Waals surface area contributed by atoms with Crippen molar-refractivity contribution in [2.24, 2.45) is 0 Å². The van der Waals surface area contributed by atoms with Gasteiger partial charge in [0.2, 0.25) is 6.79 Å². The van der Waals surface area contributed by atoms with E-state index in [1.54, 1.807) is 0 Å². The van der Waals surface area contributed by atoms with E-state index >= 15 is 0 Å². The van der Waals surface area contributed by atoms with Crippen molar-refractivity contribution in [3.63, 3.8) is 0 Å². The summed E-state index contributed by atoms with van der Waals surface area (Å²) in [6, 6.07) is 6.83. The minimum Gasteiger partial charge on any atom is -0.454 e. The third-order valence-corrected chi connectivity index (χ3v) is 4.26. The largest absolute Gasteiger partial charge is 0.454 e. The van der Waals surface area contributed by atoms with Crippen molar-refractivity contribution in [1.82, 2.24) is 10.2 Å². The first kappa shape index (κ1) is 12.8. The summed E-state index contributed by atoms with van der Waals surface area (Å²) in [6.45, 7) is 7.03. The molecule has 1 aromatic rings. The molecule has 3 rings (SSSR count). The fourth-order valence-corrected chi connectivity index (χ4v) is 3.04. The molecule has 0 amide bonds. The normalized spacial score (nSPS) is 24.9. The van der Waals surface area contributed by atoms with Crippen molar-refractivity contribution in [3.05, 3.63) is 23.8 Å². The summed E-state index contributed by atoms with van der Waals surface area (Å²) in [7, 11) is 2.05. The molecule has 1 atom stereocenters. The van der Waals surface area contributed by atoms with Crippen LogP contribution in [-0.4, -0.2) is 36.9 Å². The molecule has 1 aromatic carbocycles. The first-order valence-electron chi connectivity index (χ1n) is 6.89. The zero-order chi connectivity index (χ0) is 13.5. The van der Waals surface area contributed by atoms with Gasteiger partial charge in [-0.05, 0) is 45.0 Å². The zero-order valence-corrected chi connectivity index (χ0v) is 11.9. The number of likely N-dealkylation sites (tertiary alicyclic amines) is 1. The van der Waals surface area contributed by atoms with Crippen LogP contribution in [0.4, 0.5) is 0 Å². The molecule has 19 heavy (non-hydrogen) atoms. The lowest BCUT2D eigenvalue weighted by molar-refractivity contribution is 0.165. The second-order valence-corrected chi connectivity index (χ2v) is 6.07. The molecule has 1 saturated heterocycles. The maximum absolute atomic E-state index is 5.44. The molecule has 1 N–H and O–H groups in total. The second kappa shape index (κ2) is 4.69. The average Bonchev–Trinajstić information content (AvgIpc) is 2.94. The van der Waals surface area contributed by atoms with Gasteiger partial charge in [-0.15, -0.1) is 0 Å². The molecule has 0 aliphatic carbocycles. The van der Waals surface area contributed by atoms with Crippen LogP contribution in [0.3, 0.4) is 0 Å². The molecule has 0 radical (unpaired) electrons. The van der Waals surface area contributed by atoms with Gasteiger partial charge in [-0.1, -0.05) is 6.07 Å². The highest BCUT2D eigenvalue weighted by Crippen LogP contribution is 2.35. The van der Waals surface area contributed by atoms with Crippen molar-refractivity contribution in [2.75, 3.05) is 20.4 Å². The molecule has 0 aromatic heterocycles. The monoisotopic (exact) mass is 262 g/mol. The predicted molar refractivity (Wildman–Crippen MR) is 74.5 cm³/mol. The maximum atomic E-state index is 5.44. The fourth-order valence-electron chi connectivity index (χ4n) is 3.04. The van der Waals surface area contributed by atoms with Crippen LogP contribution in [0.5, 0.6) is 11.5 Å². The number of nitrogens with one attached hydrogen (secondary N) is 1. The van der Waals surface area contributed by atoms with Crippen LogP contribution in [0.15, 0.2) is 18.2 Å². The van der Waals surface area contributed by atoms with Crippen LogP contribution in [0, 0.1) is 0 Å². The summed E-state index contributed by atoms with van der Waals surface area (Å²) in [4.78, 5) is 2.53. The van der Waals surface area contributed by atoms with Crippen molar-refractivity contribution < 1.29 is 9.47 Å². The highest BCUT2D eigenvalue weighted by atomic mass is 16.7. The lowest BCUT2D eigenvalue weighted by Gasteiger charge is -2.31. The summed E-state index contributed by atoms with van der Waals surface area (Å²) in [5.74, 6) is 1.73. The number of rotatable bonds is 3. The van der Waals surface area contributed by atoms with Gasteiger partial charge in [0.15, 0.2) is 11.5 Å². The van der Waals surface area contributed by atoms with Crippen LogP contribution in [0.1, 0.15) is 25.8 Å². The molecule has 4 heteroatoms. The van der Waals surface area contributed by atoms with Gasteiger partial charge < -0.3 is 14.8 Å². The van der Waals surface area contributed by atoms with Gasteiger partial charge in [-0.3, -0.25) is 4.90 Å². The quantitative estimate of drug-likeness (QED) is 0.903. The standard InChI is InChI=1S/C15H22N2O2/c1-15(2)7-12(16-3)9-17(15)8-11-4-5-13-14(6-11)19-10-18-13/h4-6,12,16H,7-10H2,1-3H3. The average molecular weight is 262 g/mol. The first-order chi connectivity index (χ1) is 9.08. The molecule has 0 bridgehead atoms. The van der Waals surface area contributed by atoms with E-state index in [1.165, 1.54) is 12.0 Å². The molecule has 2 aliphatic rings. The predicted octanol–water partition coefficient (Wildman–Crippen LogP) is 1.99. The Balaban J connectivity index is 1.74. The Morgan fingerprint density at radius 2 is 2.11 bits per heavy atom.